The smallest absolute Gasteiger partial charge is 0.255 e. The number of ether oxygens (including phenoxy) is 1. The molecule has 2 aromatic carbocycles. The van der Waals surface area contributed by atoms with Gasteiger partial charge in [0.25, 0.3) is 5.91 Å². The first kappa shape index (κ1) is 25.5. The third-order valence-corrected chi connectivity index (χ3v) is 7.15. The number of carbonyl (C=O) groups is 1. The highest BCUT2D eigenvalue weighted by Gasteiger charge is 2.26. The highest BCUT2D eigenvalue weighted by molar-refractivity contribution is 5.97. The molecule has 1 amide bonds. The molecule has 1 atom stereocenters. The first-order chi connectivity index (χ1) is 19.7. The zero-order valence-corrected chi connectivity index (χ0v) is 22.0. The van der Waals surface area contributed by atoms with Gasteiger partial charge in [-0.05, 0) is 46.5 Å². The standard InChI is InChI=1S/C32H30N6O2/c39-32(37-17-23-10-14-33-15-11-23)29-5-1-4-28-30(12-16-40-31(28)29)36-20-27-19-35-22-38(27)21-24-6-8-25(9-7-24)26-3-2-13-34-18-26/h1-11,13-15,18-19,22,30,36H,12,16-17,20-21H2,(H,37,39). The molecule has 1 aliphatic heterocycles. The summed E-state index contributed by atoms with van der Waals surface area (Å²) in [4.78, 5) is 25.7. The Balaban J connectivity index is 1.11. The summed E-state index contributed by atoms with van der Waals surface area (Å²) in [7, 11) is 0. The van der Waals surface area contributed by atoms with Crippen LogP contribution in [0.4, 0.5) is 0 Å². The Morgan fingerprint density at radius 2 is 1.73 bits per heavy atom. The number of para-hydroxylation sites is 1. The Kier molecular flexibility index (Phi) is 7.59. The number of hydrogen-bond acceptors (Lipinski definition) is 6. The van der Waals surface area contributed by atoms with Crippen molar-refractivity contribution < 1.29 is 9.53 Å². The molecule has 6 rings (SSSR count). The van der Waals surface area contributed by atoms with Gasteiger partial charge in [-0.1, -0.05) is 42.5 Å². The van der Waals surface area contributed by atoms with E-state index in [-0.39, 0.29) is 11.9 Å². The van der Waals surface area contributed by atoms with Crippen LogP contribution in [0.5, 0.6) is 5.75 Å². The number of pyridine rings is 2. The lowest BCUT2D eigenvalue weighted by atomic mass is 9.97. The molecule has 4 heterocycles. The number of hydrogen-bond donors (Lipinski definition) is 2. The van der Waals surface area contributed by atoms with Gasteiger partial charge < -0.3 is 19.9 Å². The third-order valence-electron chi connectivity index (χ3n) is 7.15. The van der Waals surface area contributed by atoms with Gasteiger partial charge in [-0.3, -0.25) is 14.8 Å². The fourth-order valence-corrected chi connectivity index (χ4v) is 4.99. The molecule has 0 saturated carbocycles. The van der Waals surface area contributed by atoms with Crippen LogP contribution >= 0.6 is 0 Å². The van der Waals surface area contributed by atoms with Crippen molar-refractivity contribution in [3.63, 3.8) is 0 Å². The van der Waals surface area contributed by atoms with Crippen molar-refractivity contribution in [3.8, 4) is 16.9 Å². The van der Waals surface area contributed by atoms with Crippen LogP contribution in [0.25, 0.3) is 11.1 Å². The zero-order valence-electron chi connectivity index (χ0n) is 22.0. The number of benzene rings is 2. The normalized spacial score (nSPS) is 14.2. The number of fused-ring (bicyclic) bond motifs is 1. The summed E-state index contributed by atoms with van der Waals surface area (Å²) in [5, 5.41) is 6.67. The lowest BCUT2D eigenvalue weighted by Gasteiger charge is -2.28. The van der Waals surface area contributed by atoms with Crippen LogP contribution < -0.4 is 15.4 Å². The summed E-state index contributed by atoms with van der Waals surface area (Å²) < 4.78 is 8.17. The molecular weight excluding hydrogens is 500 g/mol. The van der Waals surface area contributed by atoms with E-state index in [2.05, 4.69) is 60.5 Å². The Morgan fingerprint density at radius 3 is 2.55 bits per heavy atom. The lowest BCUT2D eigenvalue weighted by molar-refractivity contribution is 0.0945. The van der Waals surface area contributed by atoms with Crippen molar-refractivity contribution in [2.75, 3.05) is 6.61 Å². The van der Waals surface area contributed by atoms with Crippen molar-refractivity contribution in [2.24, 2.45) is 0 Å². The predicted molar refractivity (Wildman–Crippen MR) is 153 cm³/mol. The van der Waals surface area contributed by atoms with E-state index < -0.39 is 0 Å². The first-order valence-corrected chi connectivity index (χ1v) is 13.4. The van der Waals surface area contributed by atoms with Crippen LogP contribution in [0.1, 0.15) is 45.2 Å². The fraction of sp³-hybridized carbons (Fsp3) is 0.188. The van der Waals surface area contributed by atoms with Crippen molar-refractivity contribution >= 4 is 5.91 Å². The Labute approximate surface area is 233 Å². The van der Waals surface area contributed by atoms with Crippen LogP contribution in [-0.4, -0.2) is 32.0 Å². The minimum absolute atomic E-state index is 0.0683. The van der Waals surface area contributed by atoms with E-state index in [1.165, 1.54) is 5.56 Å². The van der Waals surface area contributed by atoms with Gasteiger partial charge in [0, 0.05) is 68.6 Å². The molecule has 3 aromatic heterocycles. The van der Waals surface area contributed by atoms with Gasteiger partial charge in [-0.15, -0.1) is 0 Å². The summed E-state index contributed by atoms with van der Waals surface area (Å²) in [6.07, 6.45) is 11.7. The van der Waals surface area contributed by atoms with Crippen LogP contribution in [0.15, 0.2) is 104 Å². The molecule has 200 valence electrons. The number of imidazole rings is 1. The van der Waals surface area contributed by atoms with Crippen molar-refractivity contribution in [2.45, 2.75) is 32.1 Å². The fourth-order valence-electron chi connectivity index (χ4n) is 4.99. The molecule has 2 N–H and O–H groups in total. The zero-order chi connectivity index (χ0) is 27.1. The maximum atomic E-state index is 13.0. The van der Waals surface area contributed by atoms with E-state index in [4.69, 9.17) is 4.74 Å². The minimum Gasteiger partial charge on any atom is -0.492 e. The van der Waals surface area contributed by atoms with E-state index in [1.54, 1.807) is 18.6 Å². The summed E-state index contributed by atoms with van der Waals surface area (Å²) in [6, 6.07) is 22.2. The van der Waals surface area contributed by atoms with E-state index in [9.17, 15) is 4.79 Å². The number of carbonyl (C=O) groups excluding carboxylic acids is 1. The number of amides is 1. The quantitative estimate of drug-likeness (QED) is 0.281. The molecular formula is C32H30N6O2. The molecule has 0 fully saturated rings. The Morgan fingerprint density at radius 1 is 0.850 bits per heavy atom. The SMILES string of the molecule is O=C(NCc1ccncc1)c1cccc2c1OCCC2NCc1cncn1Cc1ccc(-c2cccnc2)cc1. The number of nitrogens with zero attached hydrogens (tertiary/aromatic N) is 4. The maximum Gasteiger partial charge on any atom is 0.255 e. The minimum atomic E-state index is -0.151. The maximum absolute atomic E-state index is 13.0. The molecule has 0 spiro atoms. The largest absolute Gasteiger partial charge is 0.492 e. The molecule has 8 heteroatoms. The van der Waals surface area contributed by atoms with E-state index in [0.29, 0.717) is 31.0 Å². The van der Waals surface area contributed by atoms with Gasteiger partial charge in [0.15, 0.2) is 0 Å². The number of aromatic nitrogens is 4. The average Bonchev–Trinajstić information content (AvgIpc) is 3.46. The molecule has 0 radical (unpaired) electrons. The predicted octanol–water partition coefficient (Wildman–Crippen LogP) is 4.93. The van der Waals surface area contributed by atoms with Gasteiger partial charge in [0.1, 0.15) is 5.75 Å². The Hall–Kier alpha value is -4.82. The summed E-state index contributed by atoms with van der Waals surface area (Å²) in [5.41, 5.74) is 7.09. The Bertz CT molecular complexity index is 1570. The van der Waals surface area contributed by atoms with Crippen LogP contribution in [0.2, 0.25) is 0 Å². The molecule has 0 bridgehead atoms. The second-order valence-corrected chi connectivity index (χ2v) is 9.78. The van der Waals surface area contributed by atoms with E-state index >= 15 is 0 Å². The first-order valence-electron chi connectivity index (χ1n) is 13.4. The van der Waals surface area contributed by atoms with Crippen molar-refractivity contribution in [1.82, 2.24) is 30.2 Å². The molecule has 1 aliphatic rings. The monoisotopic (exact) mass is 530 g/mol. The van der Waals surface area contributed by atoms with E-state index in [0.717, 1.165) is 40.9 Å². The molecule has 5 aromatic rings. The van der Waals surface area contributed by atoms with Gasteiger partial charge in [-0.25, -0.2) is 4.98 Å². The van der Waals surface area contributed by atoms with Gasteiger partial charge in [0.2, 0.25) is 0 Å². The second-order valence-electron chi connectivity index (χ2n) is 9.78. The van der Waals surface area contributed by atoms with Gasteiger partial charge in [-0.2, -0.15) is 0 Å². The molecule has 0 saturated heterocycles. The summed E-state index contributed by atoms with van der Waals surface area (Å²) >= 11 is 0. The van der Waals surface area contributed by atoms with Crippen LogP contribution in [0, 0.1) is 0 Å². The molecule has 8 nitrogen and oxygen atoms in total. The number of rotatable bonds is 9. The summed E-state index contributed by atoms with van der Waals surface area (Å²) in [6.45, 7) is 2.36. The highest BCUT2D eigenvalue weighted by atomic mass is 16.5. The summed E-state index contributed by atoms with van der Waals surface area (Å²) in [5.74, 6) is 0.502. The van der Waals surface area contributed by atoms with Crippen molar-refractivity contribution in [1.29, 1.82) is 0 Å². The topological polar surface area (TPSA) is 94.0 Å². The van der Waals surface area contributed by atoms with Crippen LogP contribution in [-0.2, 0) is 19.6 Å². The van der Waals surface area contributed by atoms with Gasteiger partial charge >= 0.3 is 0 Å². The number of nitrogens with one attached hydrogen (secondary N) is 2. The molecule has 40 heavy (non-hydrogen) atoms. The average molecular weight is 531 g/mol. The van der Waals surface area contributed by atoms with E-state index in [1.807, 2.05) is 55.1 Å². The van der Waals surface area contributed by atoms with Crippen LogP contribution in [0.3, 0.4) is 0 Å². The molecule has 0 aliphatic carbocycles. The third kappa shape index (κ3) is 5.77. The van der Waals surface area contributed by atoms with Gasteiger partial charge in [0.05, 0.1) is 24.2 Å². The molecule has 1 unspecified atom stereocenters. The van der Waals surface area contributed by atoms with Crippen molar-refractivity contribution in [3.05, 3.63) is 132 Å². The second kappa shape index (κ2) is 11.9. The highest BCUT2D eigenvalue weighted by Crippen LogP contribution is 2.35. The lowest BCUT2D eigenvalue weighted by Crippen LogP contribution is -2.30.